The standard InChI is InChI=1S/C25H30N4O4/c1-28(20-9-12-32-13-10-20)11-14-33-21-6-4-5-19(15-21)16-27-24(30)18-29-23-8-3-2-7-22(23)26-17-25(29)31/h2-8,15,17,20H,9-14,16,18H2,1H3,(H,27,30). The van der Waals surface area contributed by atoms with Crippen molar-refractivity contribution in [2.75, 3.05) is 33.4 Å². The highest BCUT2D eigenvalue weighted by molar-refractivity contribution is 5.79. The summed E-state index contributed by atoms with van der Waals surface area (Å²) < 4.78 is 12.8. The lowest BCUT2D eigenvalue weighted by Crippen LogP contribution is -2.38. The van der Waals surface area contributed by atoms with E-state index in [9.17, 15) is 9.59 Å². The van der Waals surface area contributed by atoms with Crippen molar-refractivity contribution in [3.8, 4) is 5.75 Å². The van der Waals surface area contributed by atoms with Crippen LogP contribution in [0.25, 0.3) is 11.0 Å². The number of nitrogens with one attached hydrogen (secondary N) is 1. The van der Waals surface area contributed by atoms with Gasteiger partial charge in [-0.15, -0.1) is 0 Å². The second-order valence-electron chi connectivity index (χ2n) is 8.27. The van der Waals surface area contributed by atoms with Crippen LogP contribution in [-0.4, -0.2) is 59.8 Å². The number of ether oxygens (including phenoxy) is 2. The van der Waals surface area contributed by atoms with Crippen molar-refractivity contribution in [1.29, 1.82) is 0 Å². The zero-order chi connectivity index (χ0) is 23.0. The van der Waals surface area contributed by atoms with Crippen molar-refractivity contribution in [2.45, 2.75) is 32.0 Å². The number of likely N-dealkylation sites (N-methyl/N-ethyl adjacent to an activating group) is 1. The number of hydrogen-bond acceptors (Lipinski definition) is 6. The van der Waals surface area contributed by atoms with Gasteiger partial charge in [-0.2, -0.15) is 0 Å². The molecule has 0 atom stereocenters. The minimum absolute atomic E-state index is 0.0589. The molecule has 1 aromatic heterocycles. The van der Waals surface area contributed by atoms with Gasteiger partial charge >= 0.3 is 0 Å². The number of rotatable bonds is 9. The second kappa shape index (κ2) is 11.1. The second-order valence-corrected chi connectivity index (χ2v) is 8.27. The molecule has 1 N–H and O–H groups in total. The van der Waals surface area contributed by atoms with E-state index in [1.54, 1.807) is 6.07 Å². The fourth-order valence-electron chi connectivity index (χ4n) is 4.04. The highest BCUT2D eigenvalue weighted by Crippen LogP contribution is 2.15. The van der Waals surface area contributed by atoms with Crippen LogP contribution in [0.1, 0.15) is 18.4 Å². The summed E-state index contributed by atoms with van der Waals surface area (Å²) in [6, 6.07) is 15.5. The Hall–Kier alpha value is -3.23. The SMILES string of the molecule is CN(CCOc1cccc(CNC(=O)Cn2c(=O)cnc3ccccc32)c1)C1CCOCC1. The molecule has 8 nitrogen and oxygen atoms in total. The monoisotopic (exact) mass is 450 g/mol. The first-order valence-electron chi connectivity index (χ1n) is 11.3. The number of carbonyl (C=O) groups excluding carboxylic acids is 1. The lowest BCUT2D eigenvalue weighted by molar-refractivity contribution is -0.121. The van der Waals surface area contributed by atoms with Gasteiger partial charge in [-0.05, 0) is 49.7 Å². The van der Waals surface area contributed by atoms with Gasteiger partial charge < -0.3 is 14.8 Å². The van der Waals surface area contributed by atoms with Crippen molar-refractivity contribution in [3.63, 3.8) is 0 Å². The topological polar surface area (TPSA) is 85.7 Å². The molecule has 174 valence electrons. The van der Waals surface area contributed by atoms with Crippen LogP contribution in [0.15, 0.2) is 59.5 Å². The van der Waals surface area contributed by atoms with E-state index in [0.29, 0.717) is 30.2 Å². The van der Waals surface area contributed by atoms with Crippen molar-refractivity contribution in [3.05, 3.63) is 70.6 Å². The summed E-state index contributed by atoms with van der Waals surface area (Å²) in [6.45, 7) is 3.40. The molecule has 1 amide bonds. The van der Waals surface area contributed by atoms with E-state index < -0.39 is 0 Å². The number of nitrogens with zero attached hydrogens (tertiary/aromatic N) is 3. The maximum absolute atomic E-state index is 12.5. The molecular formula is C25H30N4O4. The third-order valence-corrected chi connectivity index (χ3v) is 5.97. The summed E-state index contributed by atoms with van der Waals surface area (Å²) in [4.78, 5) is 31.2. The Morgan fingerprint density at radius 3 is 2.88 bits per heavy atom. The number of carbonyl (C=O) groups is 1. The first-order valence-corrected chi connectivity index (χ1v) is 11.3. The number of fused-ring (bicyclic) bond motifs is 1. The molecule has 1 aliphatic heterocycles. The lowest BCUT2D eigenvalue weighted by atomic mass is 10.1. The fourth-order valence-corrected chi connectivity index (χ4v) is 4.04. The molecule has 0 bridgehead atoms. The van der Waals surface area contributed by atoms with Crippen LogP contribution in [0, 0.1) is 0 Å². The zero-order valence-electron chi connectivity index (χ0n) is 18.9. The van der Waals surface area contributed by atoms with Gasteiger partial charge in [0.15, 0.2) is 0 Å². The number of para-hydroxylation sites is 2. The summed E-state index contributed by atoms with van der Waals surface area (Å²) in [5.74, 6) is 0.538. The Morgan fingerprint density at radius 2 is 2.03 bits per heavy atom. The minimum Gasteiger partial charge on any atom is -0.492 e. The van der Waals surface area contributed by atoms with Gasteiger partial charge in [0.05, 0.1) is 17.2 Å². The van der Waals surface area contributed by atoms with Crippen LogP contribution < -0.4 is 15.6 Å². The fraction of sp³-hybridized carbons (Fsp3) is 0.400. The molecule has 2 heterocycles. The molecule has 3 aromatic rings. The first-order chi connectivity index (χ1) is 16.1. The van der Waals surface area contributed by atoms with Crippen LogP contribution in [0.5, 0.6) is 5.75 Å². The smallest absolute Gasteiger partial charge is 0.269 e. The van der Waals surface area contributed by atoms with Gasteiger partial charge in [-0.3, -0.25) is 19.1 Å². The zero-order valence-corrected chi connectivity index (χ0v) is 18.9. The molecule has 0 aliphatic carbocycles. The Morgan fingerprint density at radius 1 is 1.21 bits per heavy atom. The number of aromatic nitrogens is 2. The molecule has 1 aliphatic rings. The van der Waals surface area contributed by atoms with Gasteiger partial charge in [0, 0.05) is 32.3 Å². The summed E-state index contributed by atoms with van der Waals surface area (Å²) in [6.07, 6.45) is 3.37. The quantitative estimate of drug-likeness (QED) is 0.538. The van der Waals surface area contributed by atoms with Crippen molar-refractivity contribution >= 4 is 16.9 Å². The lowest BCUT2D eigenvalue weighted by Gasteiger charge is -2.31. The van der Waals surface area contributed by atoms with E-state index in [1.165, 1.54) is 10.8 Å². The molecule has 33 heavy (non-hydrogen) atoms. The van der Waals surface area contributed by atoms with Crippen molar-refractivity contribution < 1.29 is 14.3 Å². The third kappa shape index (κ3) is 6.18. The summed E-state index contributed by atoms with van der Waals surface area (Å²) in [5, 5.41) is 2.89. The molecule has 1 fully saturated rings. The van der Waals surface area contributed by atoms with Crippen LogP contribution in [0.4, 0.5) is 0 Å². The Labute approximate surface area is 193 Å². The molecule has 0 radical (unpaired) electrons. The van der Waals surface area contributed by atoms with Crippen LogP contribution >= 0.6 is 0 Å². The van der Waals surface area contributed by atoms with Gasteiger partial charge in [0.2, 0.25) is 5.91 Å². The molecular weight excluding hydrogens is 420 g/mol. The molecule has 0 saturated carbocycles. The summed E-state index contributed by atoms with van der Waals surface area (Å²) >= 11 is 0. The minimum atomic E-state index is -0.301. The number of amides is 1. The number of benzene rings is 2. The van der Waals surface area contributed by atoms with E-state index in [4.69, 9.17) is 9.47 Å². The molecule has 0 unspecified atom stereocenters. The largest absolute Gasteiger partial charge is 0.492 e. The van der Waals surface area contributed by atoms with Crippen LogP contribution in [0.2, 0.25) is 0 Å². The van der Waals surface area contributed by atoms with E-state index in [-0.39, 0.29) is 18.0 Å². The molecule has 0 spiro atoms. The van der Waals surface area contributed by atoms with Crippen LogP contribution in [0.3, 0.4) is 0 Å². The van der Waals surface area contributed by atoms with E-state index in [0.717, 1.165) is 43.9 Å². The highest BCUT2D eigenvalue weighted by Gasteiger charge is 2.18. The molecule has 2 aromatic carbocycles. The van der Waals surface area contributed by atoms with E-state index >= 15 is 0 Å². The Kier molecular flexibility index (Phi) is 7.70. The van der Waals surface area contributed by atoms with Crippen LogP contribution in [-0.2, 0) is 22.6 Å². The molecule has 8 heteroatoms. The summed E-state index contributed by atoms with van der Waals surface area (Å²) in [5.41, 5.74) is 1.95. The average molecular weight is 451 g/mol. The van der Waals surface area contributed by atoms with Gasteiger partial charge in [0.1, 0.15) is 18.9 Å². The average Bonchev–Trinajstić information content (AvgIpc) is 2.85. The maximum atomic E-state index is 12.5. The summed E-state index contributed by atoms with van der Waals surface area (Å²) in [7, 11) is 2.13. The van der Waals surface area contributed by atoms with Crippen molar-refractivity contribution in [1.82, 2.24) is 19.8 Å². The Balaban J connectivity index is 1.28. The maximum Gasteiger partial charge on any atom is 0.269 e. The van der Waals surface area contributed by atoms with E-state index in [1.807, 2.05) is 42.5 Å². The van der Waals surface area contributed by atoms with E-state index in [2.05, 4.69) is 22.2 Å². The van der Waals surface area contributed by atoms with Gasteiger partial charge in [0.25, 0.3) is 5.56 Å². The molecule has 4 rings (SSSR count). The van der Waals surface area contributed by atoms with Gasteiger partial charge in [-0.25, -0.2) is 4.98 Å². The molecule has 1 saturated heterocycles. The third-order valence-electron chi connectivity index (χ3n) is 5.97. The predicted octanol–water partition coefficient (Wildman–Crippen LogP) is 2.20. The highest BCUT2D eigenvalue weighted by atomic mass is 16.5. The normalized spacial score (nSPS) is 14.5. The Bertz CT molecular complexity index is 1140. The van der Waals surface area contributed by atoms with Crippen molar-refractivity contribution in [2.24, 2.45) is 0 Å². The van der Waals surface area contributed by atoms with Gasteiger partial charge in [-0.1, -0.05) is 24.3 Å². The first kappa shape index (κ1) is 22.9. The predicted molar refractivity (Wildman–Crippen MR) is 126 cm³/mol. The number of hydrogen-bond donors (Lipinski definition) is 1.